The Kier molecular flexibility index (Phi) is 3.67. The van der Waals surface area contributed by atoms with Gasteiger partial charge in [-0.1, -0.05) is 18.2 Å². The normalized spacial score (nSPS) is 17.1. The molecule has 0 spiro atoms. The lowest BCUT2D eigenvalue weighted by atomic mass is 9.96. The van der Waals surface area contributed by atoms with Crippen LogP contribution in [0.1, 0.15) is 11.1 Å². The molecule has 5 heteroatoms. The molecule has 0 aliphatic carbocycles. The third-order valence-corrected chi connectivity index (χ3v) is 3.52. The van der Waals surface area contributed by atoms with Gasteiger partial charge in [0.1, 0.15) is 12.4 Å². The number of carbonyl (C=O) groups is 1. The molecular formula is C15H17N3O2. The van der Waals surface area contributed by atoms with Crippen molar-refractivity contribution in [3.63, 3.8) is 0 Å². The van der Waals surface area contributed by atoms with Crippen molar-refractivity contribution in [3.05, 3.63) is 47.8 Å². The standard InChI is InChI=1S/C15H17N3O2/c19-15(16-6-5-11-8-17-18-9-11)13-7-12-3-1-2-4-14(12)20-10-13/h1-4,8-9,13H,5-7,10H2,(H,16,19)(H,17,18)/t13-/m0/s1. The lowest BCUT2D eigenvalue weighted by molar-refractivity contribution is -0.126. The smallest absolute Gasteiger partial charge is 0.226 e. The minimum atomic E-state index is -0.103. The average Bonchev–Trinajstić information content (AvgIpc) is 3.00. The molecule has 0 fully saturated rings. The molecule has 1 aliphatic heterocycles. The monoisotopic (exact) mass is 271 g/mol. The second-order valence-electron chi connectivity index (χ2n) is 4.97. The van der Waals surface area contributed by atoms with E-state index in [4.69, 9.17) is 4.74 Å². The van der Waals surface area contributed by atoms with E-state index in [0.29, 0.717) is 13.2 Å². The molecule has 5 nitrogen and oxygen atoms in total. The summed E-state index contributed by atoms with van der Waals surface area (Å²) in [5.41, 5.74) is 2.20. The maximum Gasteiger partial charge on any atom is 0.226 e. The van der Waals surface area contributed by atoms with E-state index in [1.54, 1.807) is 6.20 Å². The van der Waals surface area contributed by atoms with Crippen molar-refractivity contribution in [1.29, 1.82) is 0 Å². The number of hydrogen-bond donors (Lipinski definition) is 2. The molecule has 0 unspecified atom stereocenters. The first-order valence-electron chi connectivity index (χ1n) is 6.79. The van der Waals surface area contributed by atoms with Crippen LogP contribution in [0.5, 0.6) is 5.75 Å². The van der Waals surface area contributed by atoms with E-state index in [0.717, 1.165) is 29.7 Å². The van der Waals surface area contributed by atoms with Gasteiger partial charge in [0, 0.05) is 12.7 Å². The van der Waals surface area contributed by atoms with Gasteiger partial charge >= 0.3 is 0 Å². The van der Waals surface area contributed by atoms with Gasteiger partial charge in [-0.25, -0.2) is 0 Å². The number of aromatic amines is 1. The van der Waals surface area contributed by atoms with Gasteiger partial charge in [-0.2, -0.15) is 5.10 Å². The number of rotatable bonds is 4. The van der Waals surface area contributed by atoms with Gasteiger partial charge in [0.25, 0.3) is 0 Å². The summed E-state index contributed by atoms with van der Waals surface area (Å²) in [6.07, 6.45) is 5.14. The highest BCUT2D eigenvalue weighted by Gasteiger charge is 2.25. The Labute approximate surface area is 117 Å². The maximum absolute atomic E-state index is 12.1. The van der Waals surface area contributed by atoms with Crippen LogP contribution in [-0.4, -0.2) is 29.3 Å². The summed E-state index contributed by atoms with van der Waals surface area (Å²) >= 11 is 0. The molecule has 2 aromatic rings. The zero-order valence-electron chi connectivity index (χ0n) is 11.1. The lowest BCUT2D eigenvalue weighted by Gasteiger charge is -2.24. The summed E-state index contributed by atoms with van der Waals surface area (Å²) in [6, 6.07) is 7.88. The van der Waals surface area contributed by atoms with E-state index < -0.39 is 0 Å². The van der Waals surface area contributed by atoms with Gasteiger partial charge in [-0.3, -0.25) is 9.89 Å². The molecule has 2 N–H and O–H groups in total. The summed E-state index contributed by atoms with van der Waals surface area (Å²) in [5.74, 6) is 0.854. The van der Waals surface area contributed by atoms with Gasteiger partial charge in [-0.15, -0.1) is 0 Å². The van der Waals surface area contributed by atoms with Gasteiger partial charge in [0.2, 0.25) is 5.91 Å². The van der Waals surface area contributed by atoms with E-state index >= 15 is 0 Å². The first kappa shape index (κ1) is 12.7. The fourth-order valence-electron chi connectivity index (χ4n) is 2.39. The molecule has 104 valence electrons. The molecule has 0 saturated heterocycles. The number of nitrogens with one attached hydrogen (secondary N) is 2. The number of fused-ring (bicyclic) bond motifs is 1. The SMILES string of the molecule is O=C(NCCc1cn[nH]c1)[C@@H]1COc2ccccc2C1. The van der Waals surface area contributed by atoms with Crippen LogP contribution in [0.2, 0.25) is 0 Å². The number of para-hydroxylation sites is 1. The van der Waals surface area contributed by atoms with Crippen LogP contribution < -0.4 is 10.1 Å². The molecule has 3 rings (SSSR count). The summed E-state index contributed by atoms with van der Waals surface area (Å²) in [5, 5.41) is 9.60. The number of amides is 1. The first-order chi connectivity index (χ1) is 9.83. The van der Waals surface area contributed by atoms with Crippen LogP contribution in [0, 0.1) is 5.92 Å². The molecule has 2 heterocycles. The van der Waals surface area contributed by atoms with Crippen molar-refractivity contribution in [2.45, 2.75) is 12.8 Å². The summed E-state index contributed by atoms with van der Waals surface area (Å²) in [6.45, 7) is 1.07. The molecule has 1 amide bonds. The quantitative estimate of drug-likeness (QED) is 0.881. The number of aromatic nitrogens is 2. The number of benzene rings is 1. The van der Waals surface area contributed by atoms with E-state index in [-0.39, 0.29) is 11.8 Å². The van der Waals surface area contributed by atoms with Crippen LogP contribution in [-0.2, 0) is 17.6 Å². The van der Waals surface area contributed by atoms with E-state index in [9.17, 15) is 4.79 Å². The Morgan fingerprint density at radius 2 is 2.35 bits per heavy atom. The van der Waals surface area contributed by atoms with Crippen LogP contribution in [0.4, 0.5) is 0 Å². The van der Waals surface area contributed by atoms with E-state index in [1.165, 1.54) is 0 Å². The van der Waals surface area contributed by atoms with Crippen molar-refractivity contribution in [2.75, 3.05) is 13.2 Å². The second kappa shape index (κ2) is 5.77. The van der Waals surface area contributed by atoms with Gasteiger partial charge in [0.15, 0.2) is 0 Å². The minimum absolute atomic E-state index is 0.0583. The number of H-pyrrole nitrogens is 1. The first-order valence-corrected chi connectivity index (χ1v) is 6.79. The Balaban J connectivity index is 1.51. The molecule has 0 radical (unpaired) electrons. The fourth-order valence-corrected chi connectivity index (χ4v) is 2.39. The zero-order chi connectivity index (χ0) is 13.8. The summed E-state index contributed by atoms with van der Waals surface area (Å²) in [4.78, 5) is 12.1. The molecule has 1 aliphatic rings. The Morgan fingerprint density at radius 3 is 3.20 bits per heavy atom. The Hall–Kier alpha value is -2.30. The van der Waals surface area contributed by atoms with Gasteiger partial charge in [0.05, 0.1) is 12.1 Å². The summed E-state index contributed by atoms with van der Waals surface area (Å²) in [7, 11) is 0. The van der Waals surface area contributed by atoms with E-state index in [2.05, 4.69) is 15.5 Å². The Bertz CT molecular complexity index is 581. The highest BCUT2D eigenvalue weighted by Crippen LogP contribution is 2.26. The van der Waals surface area contributed by atoms with Crippen LogP contribution in [0.25, 0.3) is 0 Å². The van der Waals surface area contributed by atoms with Crippen molar-refractivity contribution in [1.82, 2.24) is 15.5 Å². The highest BCUT2D eigenvalue weighted by molar-refractivity contribution is 5.79. The van der Waals surface area contributed by atoms with Crippen LogP contribution >= 0.6 is 0 Å². The maximum atomic E-state index is 12.1. The van der Waals surface area contributed by atoms with Gasteiger partial charge < -0.3 is 10.1 Å². The topological polar surface area (TPSA) is 67.0 Å². The van der Waals surface area contributed by atoms with Gasteiger partial charge in [-0.05, 0) is 30.0 Å². The molecule has 1 atom stereocenters. The number of ether oxygens (including phenoxy) is 1. The third kappa shape index (κ3) is 2.82. The second-order valence-corrected chi connectivity index (χ2v) is 4.97. The molecule has 20 heavy (non-hydrogen) atoms. The van der Waals surface area contributed by atoms with Crippen molar-refractivity contribution >= 4 is 5.91 Å². The summed E-state index contributed by atoms with van der Waals surface area (Å²) < 4.78 is 5.63. The lowest BCUT2D eigenvalue weighted by Crippen LogP contribution is -2.38. The predicted molar refractivity (Wildman–Crippen MR) is 74.4 cm³/mol. The third-order valence-electron chi connectivity index (χ3n) is 3.52. The minimum Gasteiger partial charge on any atom is -0.492 e. The molecule has 0 bridgehead atoms. The molecule has 1 aromatic carbocycles. The van der Waals surface area contributed by atoms with Crippen molar-refractivity contribution in [2.24, 2.45) is 5.92 Å². The average molecular weight is 271 g/mol. The molecule has 0 saturated carbocycles. The number of nitrogens with zero attached hydrogens (tertiary/aromatic N) is 1. The predicted octanol–water partition coefficient (Wildman–Crippen LogP) is 1.32. The molecule has 1 aromatic heterocycles. The van der Waals surface area contributed by atoms with Crippen LogP contribution in [0.3, 0.4) is 0 Å². The number of hydrogen-bond acceptors (Lipinski definition) is 3. The van der Waals surface area contributed by atoms with Crippen LogP contribution in [0.15, 0.2) is 36.7 Å². The Morgan fingerprint density at radius 1 is 1.45 bits per heavy atom. The van der Waals surface area contributed by atoms with Crippen molar-refractivity contribution < 1.29 is 9.53 Å². The van der Waals surface area contributed by atoms with E-state index in [1.807, 2.05) is 30.5 Å². The molecular weight excluding hydrogens is 254 g/mol. The number of carbonyl (C=O) groups excluding carboxylic acids is 1. The fraction of sp³-hybridized carbons (Fsp3) is 0.333. The zero-order valence-corrected chi connectivity index (χ0v) is 11.1. The highest BCUT2D eigenvalue weighted by atomic mass is 16.5. The largest absolute Gasteiger partial charge is 0.492 e. The van der Waals surface area contributed by atoms with Crippen molar-refractivity contribution in [3.8, 4) is 5.75 Å².